The Kier molecular flexibility index (Phi) is 9.27. The van der Waals surface area contributed by atoms with Crippen LogP contribution < -0.4 is 16.0 Å². The van der Waals surface area contributed by atoms with Crippen LogP contribution in [0.4, 0.5) is 11.4 Å². The maximum Gasteiger partial charge on any atom is 0.270 e. The van der Waals surface area contributed by atoms with Gasteiger partial charge in [-0.2, -0.15) is 0 Å². The van der Waals surface area contributed by atoms with Gasteiger partial charge in [-0.15, -0.1) is 0 Å². The molecule has 0 bridgehead atoms. The minimum absolute atomic E-state index is 0.00771. The molecule has 0 saturated carbocycles. The fourth-order valence-electron chi connectivity index (χ4n) is 2.52. The zero-order chi connectivity index (χ0) is 22.6. The predicted molar refractivity (Wildman–Crippen MR) is 122 cm³/mol. The normalized spacial score (nSPS) is 10.5. The van der Waals surface area contributed by atoms with Gasteiger partial charge in [0.05, 0.1) is 16.2 Å². The van der Waals surface area contributed by atoms with E-state index < -0.39 is 10.8 Å². The maximum absolute atomic E-state index is 12.4. The first-order valence-corrected chi connectivity index (χ1v) is 9.72. The SMILES string of the molecule is COCCCNC(=O)c1ccccc1NC(=S)NC(=O)/C=C/c1cccc([N+](=O)[O-])c1. The van der Waals surface area contributed by atoms with Crippen LogP contribution in [0.2, 0.25) is 0 Å². The number of carbonyl (C=O) groups is 2. The molecule has 2 aromatic rings. The molecular weight excluding hydrogens is 420 g/mol. The monoisotopic (exact) mass is 442 g/mol. The van der Waals surface area contributed by atoms with Gasteiger partial charge in [0.1, 0.15) is 0 Å². The van der Waals surface area contributed by atoms with Crippen LogP contribution in [0.25, 0.3) is 6.08 Å². The molecule has 3 N–H and O–H groups in total. The number of para-hydroxylation sites is 1. The number of methoxy groups -OCH3 is 1. The van der Waals surface area contributed by atoms with Gasteiger partial charge in [0, 0.05) is 38.5 Å². The molecule has 0 saturated heterocycles. The molecule has 0 aliphatic heterocycles. The molecule has 2 aromatic carbocycles. The summed E-state index contributed by atoms with van der Waals surface area (Å²) in [5.41, 5.74) is 1.25. The number of anilines is 1. The summed E-state index contributed by atoms with van der Waals surface area (Å²) in [7, 11) is 1.59. The average molecular weight is 442 g/mol. The van der Waals surface area contributed by atoms with Gasteiger partial charge in [0.25, 0.3) is 11.6 Å². The van der Waals surface area contributed by atoms with E-state index >= 15 is 0 Å². The predicted octanol–water partition coefficient (Wildman–Crippen LogP) is 2.89. The number of hydrogen-bond donors (Lipinski definition) is 3. The Balaban J connectivity index is 1.95. The first-order valence-electron chi connectivity index (χ1n) is 9.31. The van der Waals surface area contributed by atoms with Gasteiger partial charge < -0.3 is 15.4 Å². The molecule has 0 atom stereocenters. The zero-order valence-corrected chi connectivity index (χ0v) is 17.6. The molecule has 0 fully saturated rings. The lowest BCUT2D eigenvalue weighted by Crippen LogP contribution is -2.34. The molecule has 2 amide bonds. The number of amides is 2. The number of thiocarbonyl (C=S) groups is 1. The number of rotatable bonds is 9. The van der Waals surface area contributed by atoms with Gasteiger partial charge in [0.2, 0.25) is 5.91 Å². The summed E-state index contributed by atoms with van der Waals surface area (Å²) in [5.74, 6) is -0.801. The highest BCUT2D eigenvalue weighted by molar-refractivity contribution is 7.80. The number of nitro groups is 1. The van der Waals surface area contributed by atoms with E-state index in [1.54, 1.807) is 37.4 Å². The van der Waals surface area contributed by atoms with Crippen molar-refractivity contribution in [2.24, 2.45) is 0 Å². The van der Waals surface area contributed by atoms with Crippen molar-refractivity contribution in [3.05, 3.63) is 75.8 Å². The van der Waals surface area contributed by atoms with Crippen molar-refractivity contribution >= 4 is 46.6 Å². The third-order valence-corrected chi connectivity index (χ3v) is 4.18. The lowest BCUT2D eigenvalue weighted by atomic mass is 10.1. The molecule has 10 heteroatoms. The molecule has 0 unspecified atom stereocenters. The second-order valence-corrected chi connectivity index (χ2v) is 6.68. The summed E-state index contributed by atoms with van der Waals surface area (Å²) < 4.78 is 4.95. The minimum atomic E-state index is -0.523. The maximum atomic E-state index is 12.4. The van der Waals surface area contributed by atoms with E-state index in [9.17, 15) is 19.7 Å². The summed E-state index contributed by atoms with van der Waals surface area (Å²) in [6.45, 7) is 1.00. The highest BCUT2D eigenvalue weighted by atomic mass is 32.1. The minimum Gasteiger partial charge on any atom is -0.385 e. The third kappa shape index (κ3) is 7.96. The lowest BCUT2D eigenvalue weighted by Gasteiger charge is -2.13. The molecular formula is C21H22N4O5S. The van der Waals surface area contributed by atoms with Crippen LogP contribution in [-0.2, 0) is 9.53 Å². The van der Waals surface area contributed by atoms with Gasteiger partial charge in [-0.1, -0.05) is 24.3 Å². The smallest absolute Gasteiger partial charge is 0.270 e. The van der Waals surface area contributed by atoms with Crippen LogP contribution in [0.5, 0.6) is 0 Å². The first-order chi connectivity index (χ1) is 14.9. The Morgan fingerprint density at radius 2 is 1.97 bits per heavy atom. The molecule has 0 heterocycles. The molecule has 0 aliphatic rings. The largest absolute Gasteiger partial charge is 0.385 e. The summed E-state index contributed by atoms with van der Waals surface area (Å²) in [6, 6.07) is 12.6. The van der Waals surface area contributed by atoms with E-state index in [1.807, 2.05) is 0 Å². The van der Waals surface area contributed by atoms with Crippen LogP contribution in [-0.4, -0.2) is 42.1 Å². The van der Waals surface area contributed by atoms with Crippen LogP contribution in [0.15, 0.2) is 54.6 Å². The molecule has 0 radical (unpaired) electrons. The van der Waals surface area contributed by atoms with E-state index in [-0.39, 0.29) is 16.7 Å². The fraction of sp³-hybridized carbons (Fsp3) is 0.190. The fourth-order valence-corrected chi connectivity index (χ4v) is 2.74. The zero-order valence-electron chi connectivity index (χ0n) is 16.8. The van der Waals surface area contributed by atoms with Crippen LogP contribution in [0.3, 0.4) is 0 Å². The number of nitrogens with zero attached hydrogens (tertiary/aromatic N) is 1. The number of non-ortho nitro benzene ring substituents is 1. The van der Waals surface area contributed by atoms with Crippen molar-refractivity contribution in [1.29, 1.82) is 0 Å². The van der Waals surface area contributed by atoms with Crippen molar-refractivity contribution in [3.8, 4) is 0 Å². The molecule has 162 valence electrons. The quantitative estimate of drug-likeness (QED) is 0.179. The lowest BCUT2D eigenvalue weighted by molar-refractivity contribution is -0.384. The molecule has 0 spiro atoms. The second-order valence-electron chi connectivity index (χ2n) is 6.28. The van der Waals surface area contributed by atoms with Crippen LogP contribution in [0, 0.1) is 10.1 Å². The van der Waals surface area contributed by atoms with E-state index in [0.717, 1.165) is 0 Å². The van der Waals surface area contributed by atoms with Crippen molar-refractivity contribution < 1.29 is 19.2 Å². The Labute approximate surface area is 184 Å². The number of hydrogen-bond acceptors (Lipinski definition) is 6. The van der Waals surface area contributed by atoms with E-state index in [4.69, 9.17) is 17.0 Å². The van der Waals surface area contributed by atoms with E-state index in [0.29, 0.717) is 36.4 Å². The van der Waals surface area contributed by atoms with Gasteiger partial charge in [-0.3, -0.25) is 25.0 Å². The van der Waals surface area contributed by atoms with Gasteiger partial charge in [-0.25, -0.2) is 0 Å². The molecule has 0 aromatic heterocycles. The first kappa shape index (κ1) is 23.6. The molecule has 2 rings (SSSR count). The number of ether oxygens (including phenoxy) is 1. The number of nitrogens with one attached hydrogen (secondary N) is 3. The number of benzene rings is 2. The van der Waals surface area contributed by atoms with Gasteiger partial charge in [0.15, 0.2) is 5.11 Å². The standard InChI is InChI=1S/C21H22N4O5S/c1-30-13-5-12-22-20(27)17-8-2-3-9-18(17)23-21(31)24-19(26)11-10-15-6-4-7-16(14-15)25(28)29/h2-4,6-11,14H,5,12-13H2,1H3,(H,22,27)(H2,23,24,26,31)/b11-10+. The molecule has 31 heavy (non-hydrogen) atoms. The number of nitro benzene ring substituents is 1. The Bertz CT molecular complexity index is 993. The topological polar surface area (TPSA) is 123 Å². The Morgan fingerprint density at radius 1 is 1.19 bits per heavy atom. The highest BCUT2D eigenvalue weighted by Crippen LogP contribution is 2.15. The van der Waals surface area contributed by atoms with Crippen molar-refractivity contribution in [2.75, 3.05) is 25.6 Å². The third-order valence-electron chi connectivity index (χ3n) is 3.98. The van der Waals surface area contributed by atoms with Gasteiger partial charge in [-0.05, 0) is 42.4 Å². The Morgan fingerprint density at radius 3 is 2.71 bits per heavy atom. The van der Waals surface area contributed by atoms with Crippen molar-refractivity contribution in [2.45, 2.75) is 6.42 Å². The van der Waals surface area contributed by atoms with Crippen LogP contribution in [0.1, 0.15) is 22.3 Å². The average Bonchev–Trinajstić information content (AvgIpc) is 2.75. The van der Waals surface area contributed by atoms with E-state index in [2.05, 4.69) is 16.0 Å². The van der Waals surface area contributed by atoms with Crippen molar-refractivity contribution in [3.63, 3.8) is 0 Å². The molecule has 0 aliphatic carbocycles. The number of carbonyl (C=O) groups excluding carboxylic acids is 2. The molecule has 9 nitrogen and oxygen atoms in total. The summed E-state index contributed by atoms with van der Waals surface area (Å²) >= 11 is 5.15. The summed E-state index contributed by atoms with van der Waals surface area (Å²) in [4.78, 5) is 34.8. The van der Waals surface area contributed by atoms with E-state index in [1.165, 1.54) is 30.4 Å². The van der Waals surface area contributed by atoms with Crippen LogP contribution >= 0.6 is 12.2 Å². The summed E-state index contributed by atoms with van der Waals surface area (Å²) in [6.07, 6.45) is 3.33. The van der Waals surface area contributed by atoms with Gasteiger partial charge >= 0.3 is 0 Å². The highest BCUT2D eigenvalue weighted by Gasteiger charge is 2.12. The summed E-state index contributed by atoms with van der Waals surface area (Å²) in [5, 5.41) is 18.9. The van der Waals surface area contributed by atoms with Crippen molar-refractivity contribution in [1.82, 2.24) is 10.6 Å². The second kappa shape index (κ2) is 12.2. The Hall–Kier alpha value is -3.63.